The first-order valence-corrected chi connectivity index (χ1v) is 5.61. The van der Waals surface area contributed by atoms with Gasteiger partial charge < -0.3 is 4.74 Å². The van der Waals surface area contributed by atoms with E-state index in [1.807, 2.05) is 13.8 Å². The van der Waals surface area contributed by atoms with E-state index in [9.17, 15) is 4.39 Å². The van der Waals surface area contributed by atoms with Crippen molar-refractivity contribution in [2.75, 3.05) is 0 Å². The van der Waals surface area contributed by atoms with Crippen LogP contribution in [0.1, 0.15) is 18.1 Å². The molecule has 0 aliphatic carbocycles. The number of rotatable bonds is 4. The lowest BCUT2D eigenvalue weighted by Gasteiger charge is -2.09. The number of nitrogens with zero attached hydrogens (tertiary/aromatic N) is 2. The van der Waals surface area contributed by atoms with Crippen molar-refractivity contribution in [3.05, 3.63) is 47.4 Å². The SMILES string of the molecule is CCn1ncc(C)c1OCc1ccccc1F. The van der Waals surface area contributed by atoms with E-state index in [1.54, 1.807) is 29.1 Å². The molecular weight excluding hydrogens is 219 g/mol. The van der Waals surface area contributed by atoms with E-state index in [-0.39, 0.29) is 12.4 Å². The number of hydrogen-bond acceptors (Lipinski definition) is 2. The number of aryl methyl sites for hydroxylation is 2. The van der Waals surface area contributed by atoms with E-state index in [2.05, 4.69) is 5.10 Å². The van der Waals surface area contributed by atoms with Crippen molar-refractivity contribution < 1.29 is 9.13 Å². The lowest BCUT2D eigenvalue weighted by atomic mass is 10.2. The lowest BCUT2D eigenvalue weighted by molar-refractivity contribution is 0.267. The molecule has 1 aromatic carbocycles. The highest BCUT2D eigenvalue weighted by molar-refractivity contribution is 5.23. The van der Waals surface area contributed by atoms with Gasteiger partial charge in [-0.25, -0.2) is 9.07 Å². The summed E-state index contributed by atoms with van der Waals surface area (Å²) >= 11 is 0. The molecule has 0 saturated carbocycles. The Morgan fingerprint density at radius 3 is 2.82 bits per heavy atom. The van der Waals surface area contributed by atoms with Crippen molar-refractivity contribution in [3.8, 4) is 5.88 Å². The Labute approximate surface area is 99.8 Å². The highest BCUT2D eigenvalue weighted by Gasteiger charge is 2.08. The van der Waals surface area contributed by atoms with Crippen molar-refractivity contribution in [1.82, 2.24) is 9.78 Å². The maximum Gasteiger partial charge on any atom is 0.215 e. The normalized spacial score (nSPS) is 10.5. The molecule has 0 saturated heterocycles. The van der Waals surface area contributed by atoms with E-state index in [1.165, 1.54) is 6.07 Å². The first-order valence-electron chi connectivity index (χ1n) is 5.61. The smallest absolute Gasteiger partial charge is 0.215 e. The predicted octanol–water partition coefficient (Wildman–Crippen LogP) is 2.93. The van der Waals surface area contributed by atoms with Crippen LogP contribution in [0.2, 0.25) is 0 Å². The Morgan fingerprint density at radius 2 is 2.12 bits per heavy atom. The van der Waals surface area contributed by atoms with Gasteiger partial charge in [-0.1, -0.05) is 18.2 Å². The van der Waals surface area contributed by atoms with Crippen LogP contribution in [-0.4, -0.2) is 9.78 Å². The van der Waals surface area contributed by atoms with Gasteiger partial charge in [0.15, 0.2) is 0 Å². The summed E-state index contributed by atoms with van der Waals surface area (Å²) in [6.07, 6.45) is 1.75. The molecule has 0 spiro atoms. The van der Waals surface area contributed by atoms with Gasteiger partial charge in [0.2, 0.25) is 5.88 Å². The molecule has 17 heavy (non-hydrogen) atoms. The summed E-state index contributed by atoms with van der Waals surface area (Å²) in [4.78, 5) is 0. The summed E-state index contributed by atoms with van der Waals surface area (Å²) in [5, 5.41) is 4.17. The summed E-state index contributed by atoms with van der Waals surface area (Å²) in [5.41, 5.74) is 1.51. The summed E-state index contributed by atoms with van der Waals surface area (Å²) < 4.78 is 20.8. The van der Waals surface area contributed by atoms with Gasteiger partial charge in [0, 0.05) is 17.7 Å². The first kappa shape index (κ1) is 11.6. The monoisotopic (exact) mass is 234 g/mol. The van der Waals surface area contributed by atoms with Crippen molar-refractivity contribution in [3.63, 3.8) is 0 Å². The maximum atomic E-state index is 13.4. The van der Waals surface area contributed by atoms with Crippen LogP contribution >= 0.6 is 0 Å². The number of benzene rings is 1. The molecule has 0 fully saturated rings. The second-order valence-corrected chi connectivity index (χ2v) is 3.83. The summed E-state index contributed by atoms with van der Waals surface area (Å²) in [6, 6.07) is 6.62. The van der Waals surface area contributed by atoms with Gasteiger partial charge in [-0.15, -0.1) is 0 Å². The molecule has 3 nitrogen and oxygen atoms in total. The zero-order valence-corrected chi connectivity index (χ0v) is 9.98. The van der Waals surface area contributed by atoms with Crippen LogP contribution < -0.4 is 4.74 Å². The number of ether oxygens (including phenoxy) is 1. The van der Waals surface area contributed by atoms with Gasteiger partial charge in [-0.3, -0.25) is 0 Å². The van der Waals surface area contributed by atoms with Crippen molar-refractivity contribution >= 4 is 0 Å². The Morgan fingerprint density at radius 1 is 1.35 bits per heavy atom. The Balaban J connectivity index is 2.12. The molecule has 1 heterocycles. The molecule has 0 aliphatic heterocycles. The highest BCUT2D eigenvalue weighted by Crippen LogP contribution is 2.19. The maximum absolute atomic E-state index is 13.4. The lowest BCUT2D eigenvalue weighted by Crippen LogP contribution is -2.05. The van der Waals surface area contributed by atoms with Gasteiger partial charge in [-0.2, -0.15) is 5.10 Å². The molecule has 0 atom stereocenters. The fraction of sp³-hybridized carbons (Fsp3) is 0.308. The van der Waals surface area contributed by atoms with Crippen molar-refractivity contribution in [2.24, 2.45) is 0 Å². The van der Waals surface area contributed by atoms with E-state index in [4.69, 9.17) is 4.74 Å². The number of hydrogen-bond donors (Lipinski definition) is 0. The zero-order chi connectivity index (χ0) is 12.3. The average molecular weight is 234 g/mol. The fourth-order valence-electron chi connectivity index (χ4n) is 1.64. The summed E-state index contributed by atoms with van der Waals surface area (Å²) in [6.45, 7) is 4.87. The molecule has 0 N–H and O–H groups in total. The summed E-state index contributed by atoms with van der Waals surface area (Å²) in [5.74, 6) is 0.462. The first-order chi connectivity index (χ1) is 8.22. The minimum Gasteiger partial charge on any atom is -0.473 e. The fourth-order valence-corrected chi connectivity index (χ4v) is 1.64. The second-order valence-electron chi connectivity index (χ2n) is 3.83. The highest BCUT2D eigenvalue weighted by atomic mass is 19.1. The topological polar surface area (TPSA) is 27.1 Å². The molecule has 0 aliphatic rings. The minimum atomic E-state index is -0.243. The average Bonchev–Trinajstić information content (AvgIpc) is 2.69. The molecule has 2 rings (SSSR count). The van der Waals surface area contributed by atoms with Gasteiger partial charge in [0.05, 0.1) is 6.20 Å². The van der Waals surface area contributed by atoms with Crippen LogP contribution in [0.3, 0.4) is 0 Å². The largest absolute Gasteiger partial charge is 0.473 e. The minimum absolute atomic E-state index is 0.221. The van der Waals surface area contributed by atoms with Crippen LogP contribution in [-0.2, 0) is 13.2 Å². The Kier molecular flexibility index (Phi) is 3.42. The molecule has 90 valence electrons. The number of halogens is 1. The Bertz CT molecular complexity index is 508. The van der Waals surface area contributed by atoms with Gasteiger partial charge >= 0.3 is 0 Å². The van der Waals surface area contributed by atoms with E-state index in [0.717, 1.165) is 12.1 Å². The molecule has 0 amide bonds. The van der Waals surface area contributed by atoms with E-state index < -0.39 is 0 Å². The quantitative estimate of drug-likeness (QED) is 0.813. The zero-order valence-electron chi connectivity index (χ0n) is 9.98. The van der Waals surface area contributed by atoms with Gasteiger partial charge in [-0.05, 0) is 19.9 Å². The molecule has 0 unspecified atom stereocenters. The van der Waals surface area contributed by atoms with Gasteiger partial charge in [0.25, 0.3) is 0 Å². The third-order valence-corrected chi connectivity index (χ3v) is 2.58. The predicted molar refractivity (Wildman–Crippen MR) is 63.4 cm³/mol. The van der Waals surface area contributed by atoms with Crippen LogP contribution in [0.4, 0.5) is 4.39 Å². The Hall–Kier alpha value is -1.84. The van der Waals surface area contributed by atoms with Gasteiger partial charge in [0.1, 0.15) is 12.4 Å². The van der Waals surface area contributed by atoms with E-state index >= 15 is 0 Å². The van der Waals surface area contributed by atoms with E-state index in [0.29, 0.717) is 11.4 Å². The molecular formula is C13H15FN2O. The van der Waals surface area contributed by atoms with Crippen LogP contribution in [0.25, 0.3) is 0 Å². The van der Waals surface area contributed by atoms with Crippen LogP contribution in [0, 0.1) is 12.7 Å². The third-order valence-electron chi connectivity index (χ3n) is 2.58. The molecule has 4 heteroatoms. The van der Waals surface area contributed by atoms with Crippen LogP contribution in [0.15, 0.2) is 30.5 Å². The standard InChI is InChI=1S/C13H15FN2O/c1-3-16-13(10(2)8-15-16)17-9-11-6-4-5-7-12(11)14/h4-8H,3,9H2,1-2H3. The second kappa shape index (κ2) is 4.99. The molecule has 2 aromatic rings. The summed E-state index contributed by atoms with van der Waals surface area (Å²) in [7, 11) is 0. The van der Waals surface area contributed by atoms with Crippen molar-refractivity contribution in [2.45, 2.75) is 27.0 Å². The third kappa shape index (κ3) is 2.46. The van der Waals surface area contributed by atoms with Crippen LogP contribution in [0.5, 0.6) is 5.88 Å². The van der Waals surface area contributed by atoms with Crippen molar-refractivity contribution in [1.29, 1.82) is 0 Å². The molecule has 0 bridgehead atoms. The number of aromatic nitrogens is 2. The molecule has 1 aromatic heterocycles. The molecule has 0 radical (unpaired) electrons.